The van der Waals surface area contributed by atoms with E-state index < -0.39 is 0 Å². The van der Waals surface area contributed by atoms with Gasteiger partial charge >= 0.3 is 0 Å². The largest absolute Gasteiger partial charge is 0.399 e. The lowest BCUT2D eigenvalue weighted by Crippen LogP contribution is -2.44. The average Bonchev–Trinajstić information content (AvgIpc) is 2.33. The van der Waals surface area contributed by atoms with Gasteiger partial charge < -0.3 is 10.6 Å². The molecule has 2 N–H and O–H groups in total. The van der Waals surface area contributed by atoms with Crippen LogP contribution >= 0.6 is 0 Å². The molecular formula is C14H27N3. The van der Waals surface area contributed by atoms with Crippen LogP contribution in [0, 0.1) is 0 Å². The zero-order valence-electron chi connectivity index (χ0n) is 11.6. The molecule has 0 unspecified atom stereocenters. The fraction of sp³-hybridized carbons (Fsp3) is 0.571. The Bertz CT molecular complexity index is 261. The summed E-state index contributed by atoms with van der Waals surface area (Å²) < 4.78 is 0. The zero-order valence-corrected chi connectivity index (χ0v) is 11.6. The molecule has 1 aliphatic rings. The summed E-state index contributed by atoms with van der Waals surface area (Å²) in [5.41, 5.74) is 7.29. The van der Waals surface area contributed by atoms with E-state index in [1.54, 1.807) is 0 Å². The second kappa shape index (κ2) is 9.02. The Hall–Kier alpha value is -1.06. The highest BCUT2D eigenvalue weighted by molar-refractivity contribution is 5.26. The van der Waals surface area contributed by atoms with E-state index in [0.29, 0.717) is 5.70 Å². The van der Waals surface area contributed by atoms with E-state index >= 15 is 0 Å². The minimum absolute atomic E-state index is 0.596. The van der Waals surface area contributed by atoms with Gasteiger partial charge in [-0.15, -0.1) is 0 Å². The summed E-state index contributed by atoms with van der Waals surface area (Å²) in [5.74, 6) is 0. The van der Waals surface area contributed by atoms with Crippen LogP contribution in [-0.2, 0) is 0 Å². The summed E-state index contributed by atoms with van der Waals surface area (Å²) in [7, 11) is 2.16. The van der Waals surface area contributed by atoms with Crippen LogP contribution in [0.4, 0.5) is 0 Å². The minimum Gasteiger partial charge on any atom is -0.399 e. The number of allylic oxidation sites excluding steroid dienone is 1. The molecular weight excluding hydrogens is 210 g/mol. The minimum atomic E-state index is 0.596. The predicted molar refractivity (Wildman–Crippen MR) is 76.9 cm³/mol. The number of hydrogen-bond acceptors (Lipinski definition) is 3. The Labute approximate surface area is 106 Å². The molecule has 0 spiro atoms. The van der Waals surface area contributed by atoms with Crippen molar-refractivity contribution in [3.8, 4) is 0 Å². The SMILES string of the molecule is C=C/C(=C\C(=C)N)CN1CCN(C)CC1.CC. The van der Waals surface area contributed by atoms with Crippen molar-refractivity contribution in [2.75, 3.05) is 39.8 Å². The van der Waals surface area contributed by atoms with E-state index in [2.05, 4.69) is 30.0 Å². The van der Waals surface area contributed by atoms with Crippen molar-refractivity contribution in [3.63, 3.8) is 0 Å². The summed E-state index contributed by atoms with van der Waals surface area (Å²) in [6.07, 6.45) is 3.75. The number of nitrogens with two attached hydrogens (primary N) is 1. The average molecular weight is 237 g/mol. The van der Waals surface area contributed by atoms with Gasteiger partial charge in [0.05, 0.1) is 0 Å². The van der Waals surface area contributed by atoms with Crippen molar-refractivity contribution >= 4 is 0 Å². The molecule has 98 valence electrons. The first-order chi connectivity index (χ1) is 8.11. The Morgan fingerprint density at radius 1 is 1.24 bits per heavy atom. The van der Waals surface area contributed by atoms with Crippen LogP contribution in [0.5, 0.6) is 0 Å². The van der Waals surface area contributed by atoms with Crippen LogP contribution in [0.15, 0.2) is 36.6 Å². The molecule has 1 fully saturated rings. The first-order valence-corrected chi connectivity index (χ1v) is 6.30. The van der Waals surface area contributed by atoms with Crippen molar-refractivity contribution in [2.24, 2.45) is 5.73 Å². The van der Waals surface area contributed by atoms with Gasteiger partial charge in [-0.05, 0) is 18.7 Å². The summed E-state index contributed by atoms with van der Waals surface area (Å²) in [6, 6.07) is 0. The van der Waals surface area contributed by atoms with E-state index in [1.165, 1.54) is 0 Å². The van der Waals surface area contributed by atoms with Crippen LogP contribution in [0.1, 0.15) is 13.8 Å². The molecule has 3 heteroatoms. The molecule has 0 atom stereocenters. The van der Waals surface area contributed by atoms with Crippen LogP contribution in [0.2, 0.25) is 0 Å². The molecule has 17 heavy (non-hydrogen) atoms. The van der Waals surface area contributed by atoms with Gasteiger partial charge in [0, 0.05) is 38.4 Å². The summed E-state index contributed by atoms with van der Waals surface area (Å²) in [4.78, 5) is 4.76. The second-order valence-corrected chi connectivity index (χ2v) is 4.08. The van der Waals surface area contributed by atoms with Gasteiger partial charge in [0.25, 0.3) is 0 Å². The molecule has 0 aromatic heterocycles. The first-order valence-electron chi connectivity index (χ1n) is 6.30. The van der Waals surface area contributed by atoms with Gasteiger partial charge in [0.15, 0.2) is 0 Å². The molecule has 0 saturated carbocycles. The standard InChI is InChI=1S/C12H21N3.C2H6/c1-4-12(9-11(2)13)10-15-7-5-14(3)6-8-15;1-2/h4,9H,1-2,5-8,10,13H2,3H3;1-2H3/b12-9+;. The van der Waals surface area contributed by atoms with E-state index in [-0.39, 0.29) is 0 Å². The van der Waals surface area contributed by atoms with Gasteiger partial charge in [-0.2, -0.15) is 0 Å². The Balaban J connectivity index is 0.00000121. The maximum absolute atomic E-state index is 5.55. The van der Waals surface area contributed by atoms with E-state index in [1.807, 2.05) is 26.0 Å². The highest BCUT2D eigenvalue weighted by atomic mass is 15.2. The highest BCUT2D eigenvalue weighted by Crippen LogP contribution is 2.06. The second-order valence-electron chi connectivity index (χ2n) is 4.08. The van der Waals surface area contributed by atoms with Crippen molar-refractivity contribution in [1.29, 1.82) is 0 Å². The summed E-state index contributed by atoms with van der Waals surface area (Å²) >= 11 is 0. The summed E-state index contributed by atoms with van der Waals surface area (Å²) in [5, 5.41) is 0. The van der Waals surface area contributed by atoms with E-state index in [0.717, 1.165) is 38.3 Å². The molecule has 1 rings (SSSR count). The highest BCUT2D eigenvalue weighted by Gasteiger charge is 2.13. The number of hydrogen-bond donors (Lipinski definition) is 1. The zero-order chi connectivity index (χ0) is 13.3. The molecule has 0 amide bonds. The lowest BCUT2D eigenvalue weighted by atomic mass is 10.2. The van der Waals surface area contributed by atoms with Crippen LogP contribution in [0.3, 0.4) is 0 Å². The molecule has 0 bridgehead atoms. The predicted octanol–water partition coefficient (Wildman–Crippen LogP) is 1.84. The van der Waals surface area contributed by atoms with Gasteiger partial charge in [0.1, 0.15) is 0 Å². The third kappa shape index (κ3) is 6.97. The van der Waals surface area contributed by atoms with Crippen LogP contribution in [0.25, 0.3) is 0 Å². The van der Waals surface area contributed by atoms with Crippen molar-refractivity contribution in [2.45, 2.75) is 13.8 Å². The fourth-order valence-electron chi connectivity index (χ4n) is 1.67. The normalized spacial score (nSPS) is 18.2. The molecule has 1 heterocycles. The van der Waals surface area contributed by atoms with Crippen molar-refractivity contribution < 1.29 is 0 Å². The lowest BCUT2D eigenvalue weighted by molar-refractivity contribution is 0.165. The third-order valence-corrected chi connectivity index (χ3v) is 2.64. The molecule has 0 aromatic rings. The lowest BCUT2D eigenvalue weighted by Gasteiger charge is -2.32. The number of nitrogens with zero attached hydrogens (tertiary/aromatic N) is 2. The maximum Gasteiger partial charge on any atom is 0.0244 e. The fourth-order valence-corrected chi connectivity index (χ4v) is 1.67. The Morgan fingerprint density at radius 3 is 2.18 bits per heavy atom. The van der Waals surface area contributed by atoms with E-state index in [4.69, 9.17) is 5.73 Å². The molecule has 1 aliphatic heterocycles. The molecule has 0 radical (unpaired) electrons. The molecule has 0 aliphatic carbocycles. The Kier molecular flexibility index (Phi) is 8.46. The number of piperazine rings is 1. The molecule has 1 saturated heterocycles. The van der Waals surface area contributed by atoms with Crippen molar-refractivity contribution in [3.05, 3.63) is 36.6 Å². The number of likely N-dealkylation sites (N-methyl/N-ethyl adjacent to an activating group) is 1. The molecule has 3 nitrogen and oxygen atoms in total. The summed E-state index contributed by atoms with van der Waals surface area (Å²) in [6.45, 7) is 16.9. The third-order valence-electron chi connectivity index (χ3n) is 2.64. The van der Waals surface area contributed by atoms with Crippen molar-refractivity contribution in [1.82, 2.24) is 9.80 Å². The van der Waals surface area contributed by atoms with Crippen LogP contribution in [-0.4, -0.2) is 49.6 Å². The molecule has 0 aromatic carbocycles. The van der Waals surface area contributed by atoms with Gasteiger partial charge in [-0.3, -0.25) is 4.90 Å². The van der Waals surface area contributed by atoms with E-state index in [9.17, 15) is 0 Å². The van der Waals surface area contributed by atoms with Crippen LogP contribution < -0.4 is 5.73 Å². The smallest absolute Gasteiger partial charge is 0.0244 e. The topological polar surface area (TPSA) is 32.5 Å². The number of rotatable bonds is 4. The Morgan fingerprint density at radius 2 is 1.76 bits per heavy atom. The maximum atomic E-state index is 5.55. The van der Waals surface area contributed by atoms with Gasteiger partial charge in [-0.1, -0.05) is 33.1 Å². The van der Waals surface area contributed by atoms with Gasteiger partial charge in [0.2, 0.25) is 0 Å². The monoisotopic (exact) mass is 237 g/mol. The first kappa shape index (κ1) is 15.9. The quantitative estimate of drug-likeness (QED) is 0.757. The van der Waals surface area contributed by atoms with Gasteiger partial charge in [-0.25, -0.2) is 0 Å².